The van der Waals surface area contributed by atoms with Gasteiger partial charge in [-0.1, -0.05) is 0 Å². The number of hydrogen-bond donors (Lipinski definition) is 1. The van der Waals surface area contributed by atoms with Crippen LogP contribution >= 0.6 is 0 Å². The third kappa shape index (κ3) is 3.03. The maximum Gasteiger partial charge on any atom is 0.374 e. The maximum absolute atomic E-state index is 11.6. The molecular formula is C16H18N4O3. The molecule has 120 valence electrons. The standard InChI is InChI=1S/C16H18N4O3/c1-4-22-16(21)14-6-5-12(23-14)9-17-11-7-13-10(2)19-20(3)15(13)18-8-11/h5-8,17H,4,9H2,1-3H3. The first-order chi connectivity index (χ1) is 11.1. The smallest absolute Gasteiger partial charge is 0.374 e. The van der Waals surface area contributed by atoms with Crippen molar-refractivity contribution in [3.05, 3.63) is 41.6 Å². The first-order valence-corrected chi connectivity index (χ1v) is 7.37. The number of aromatic nitrogens is 3. The van der Waals surface area contributed by atoms with E-state index in [0.29, 0.717) is 18.9 Å². The molecule has 3 aromatic rings. The molecule has 0 fully saturated rings. The van der Waals surface area contributed by atoms with Gasteiger partial charge in [0.25, 0.3) is 0 Å². The van der Waals surface area contributed by atoms with E-state index in [2.05, 4.69) is 15.4 Å². The van der Waals surface area contributed by atoms with E-state index in [4.69, 9.17) is 9.15 Å². The van der Waals surface area contributed by atoms with Gasteiger partial charge in [-0.25, -0.2) is 9.78 Å². The zero-order valence-corrected chi connectivity index (χ0v) is 13.3. The van der Waals surface area contributed by atoms with Crippen molar-refractivity contribution in [1.82, 2.24) is 14.8 Å². The molecule has 3 rings (SSSR count). The Labute approximate surface area is 133 Å². The number of fused-ring (bicyclic) bond motifs is 1. The number of aryl methyl sites for hydroxylation is 2. The Morgan fingerprint density at radius 1 is 1.43 bits per heavy atom. The lowest BCUT2D eigenvalue weighted by Gasteiger charge is -2.04. The summed E-state index contributed by atoms with van der Waals surface area (Å²) in [6.07, 6.45) is 1.75. The molecule has 23 heavy (non-hydrogen) atoms. The van der Waals surface area contributed by atoms with Crippen LogP contribution < -0.4 is 5.32 Å². The van der Waals surface area contributed by atoms with Crippen molar-refractivity contribution in [3.8, 4) is 0 Å². The van der Waals surface area contributed by atoms with Crippen LogP contribution in [0.15, 0.2) is 28.8 Å². The Balaban J connectivity index is 1.71. The predicted molar refractivity (Wildman–Crippen MR) is 85.2 cm³/mol. The zero-order chi connectivity index (χ0) is 16.4. The van der Waals surface area contributed by atoms with Crippen LogP contribution in [0.1, 0.15) is 28.9 Å². The second-order valence-electron chi connectivity index (χ2n) is 5.14. The van der Waals surface area contributed by atoms with Gasteiger partial charge in [-0.2, -0.15) is 5.10 Å². The number of pyridine rings is 1. The van der Waals surface area contributed by atoms with Gasteiger partial charge in [-0.3, -0.25) is 4.68 Å². The second kappa shape index (κ2) is 6.12. The summed E-state index contributed by atoms with van der Waals surface area (Å²) in [7, 11) is 1.87. The van der Waals surface area contributed by atoms with E-state index in [9.17, 15) is 4.79 Å². The van der Waals surface area contributed by atoms with E-state index in [-0.39, 0.29) is 5.76 Å². The number of ether oxygens (including phenoxy) is 1. The van der Waals surface area contributed by atoms with Crippen molar-refractivity contribution in [2.45, 2.75) is 20.4 Å². The van der Waals surface area contributed by atoms with Gasteiger partial charge in [0.1, 0.15) is 5.76 Å². The van der Waals surface area contributed by atoms with Gasteiger partial charge in [0.05, 0.1) is 30.7 Å². The van der Waals surface area contributed by atoms with Gasteiger partial charge in [-0.15, -0.1) is 0 Å². The van der Waals surface area contributed by atoms with Crippen LogP contribution in [-0.4, -0.2) is 27.3 Å². The van der Waals surface area contributed by atoms with Crippen molar-refractivity contribution in [2.24, 2.45) is 7.05 Å². The van der Waals surface area contributed by atoms with Gasteiger partial charge in [-0.05, 0) is 32.0 Å². The number of nitrogens with zero attached hydrogens (tertiary/aromatic N) is 3. The van der Waals surface area contributed by atoms with Gasteiger partial charge < -0.3 is 14.5 Å². The van der Waals surface area contributed by atoms with E-state index in [1.165, 1.54) is 0 Å². The molecule has 0 aliphatic carbocycles. The molecule has 0 aliphatic rings. The molecule has 3 heterocycles. The Hall–Kier alpha value is -2.83. The molecular weight excluding hydrogens is 296 g/mol. The highest BCUT2D eigenvalue weighted by molar-refractivity contribution is 5.86. The lowest BCUT2D eigenvalue weighted by molar-refractivity contribution is 0.0488. The summed E-state index contributed by atoms with van der Waals surface area (Å²) in [4.78, 5) is 16.0. The Bertz CT molecular complexity index is 850. The Kier molecular flexibility index (Phi) is 4.01. The zero-order valence-electron chi connectivity index (χ0n) is 13.3. The van der Waals surface area contributed by atoms with Crippen molar-refractivity contribution in [2.75, 3.05) is 11.9 Å². The van der Waals surface area contributed by atoms with Crippen molar-refractivity contribution < 1.29 is 13.9 Å². The fourth-order valence-electron chi connectivity index (χ4n) is 2.38. The SMILES string of the molecule is CCOC(=O)c1ccc(CNc2cnc3c(c2)c(C)nn3C)o1. The molecule has 0 atom stereocenters. The third-order valence-corrected chi connectivity index (χ3v) is 3.47. The van der Waals surface area contributed by atoms with Crippen LogP contribution in [-0.2, 0) is 18.3 Å². The van der Waals surface area contributed by atoms with Crippen LogP contribution in [0.4, 0.5) is 5.69 Å². The summed E-state index contributed by atoms with van der Waals surface area (Å²) in [5, 5.41) is 8.58. The van der Waals surface area contributed by atoms with Crippen molar-refractivity contribution in [3.63, 3.8) is 0 Å². The fourth-order valence-corrected chi connectivity index (χ4v) is 2.38. The number of hydrogen-bond acceptors (Lipinski definition) is 6. The first kappa shape index (κ1) is 15.1. The number of carbonyl (C=O) groups excluding carboxylic acids is 1. The minimum atomic E-state index is -0.451. The normalized spacial score (nSPS) is 10.9. The number of carbonyl (C=O) groups is 1. The molecule has 0 aromatic carbocycles. The molecule has 0 saturated carbocycles. The summed E-state index contributed by atoms with van der Waals surface area (Å²) in [6, 6.07) is 5.36. The van der Waals surface area contributed by atoms with Crippen LogP contribution in [0.2, 0.25) is 0 Å². The van der Waals surface area contributed by atoms with Crippen LogP contribution in [0.25, 0.3) is 11.0 Å². The number of esters is 1. The molecule has 0 bridgehead atoms. The van der Waals surface area contributed by atoms with Crippen molar-refractivity contribution >= 4 is 22.7 Å². The lowest BCUT2D eigenvalue weighted by Crippen LogP contribution is -2.03. The predicted octanol–water partition coefficient (Wildman–Crippen LogP) is 2.66. The molecule has 7 nitrogen and oxygen atoms in total. The highest BCUT2D eigenvalue weighted by Gasteiger charge is 2.12. The summed E-state index contributed by atoms with van der Waals surface area (Å²) in [5.74, 6) is 0.407. The summed E-state index contributed by atoms with van der Waals surface area (Å²) in [6.45, 7) is 4.48. The minimum absolute atomic E-state index is 0.209. The highest BCUT2D eigenvalue weighted by Crippen LogP contribution is 2.20. The molecule has 1 N–H and O–H groups in total. The summed E-state index contributed by atoms with van der Waals surface area (Å²) >= 11 is 0. The van der Waals surface area contributed by atoms with Crippen LogP contribution in [0, 0.1) is 6.92 Å². The molecule has 0 unspecified atom stereocenters. The topological polar surface area (TPSA) is 82.2 Å². The van der Waals surface area contributed by atoms with Gasteiger partial charge in [0.2, 0.25) is 5.76 Å². The Morgan fingerprint density at radius 2 is 2.26 bits per heavy atom. The Morgan fingerprint density at radius 3 is 3.04 bits per heavy atom. The highest BCUT2D eigenvalue weighted by atomic mass is 16.5. The van der Waals surface area contributed by atoms with Crippen LogP contribution in [0.5, 0.6) is 0 Å². The number of rotatable bonds is 5. The molecule has 7 heteroatoms. The summed E-state index contributed by atoms with van der Waals surface area (Å²) < 4.78 is 12.1. The van der Waals surface area contributed by atoms with Gasteiger partial charge >= 0.3 is 5.97 Å². The van der Waals surface area contributed by atoms with Gasteiger partial charge in [0.15, 0.2) is 5.65 Å². The van der Waals surface area contributed by atoms with E-state index in [1.54, 1.807) is 29.9 Å². The number of nitrogens with one attached hydrogen (secondary N) is 1. The van der Waals surface area contributed by atoms with E-state index in [1.807, 2.05) is 20.0 Å². The van der Waals surface area contributed by atoms with Gasteiger partial charge in [0, 0.05) is 12.4 Å². The van der Waals surface area contributed by atoms with E-state index in [0.717, 1.165) is 22.4 Å². The molecule has 0 spiro atoms. The lowest BCUT2D eigenvalue weighted by atomic mass is 10.2. The minimum Gasteiger partial charge on any atom is -0.460 e. The molecule has 3 aromatic heterocycles. The largest absolute Gasteiger partial charge is 0.460 e. The van der Waals surface area contributed by atoms with E-state index < -0.39 is 5.97 Å². The first-order valence-electron chi connectivity index (χ1n) is 7.37. The number of anilines is 1. The molecule has 0 saturated heterocycles. The molecule has 0 amide bonds. The third-order valence-electron chi connectivity index (χ3n) is 3.47. The maximum atomic E-state index is 11.6. The van der Waals surface area contributed by atoms with E-state index >= 15 is 0 Å². The number of furan rings is 1. The van der Waals surface area contributed by atoms with Crippen LogP contribution in [0.3, 0.4) is 0 Å². The average molecular weight is 314 g/mol. The molecule has 0 radical (unpaired) electrons. The monoisotopic (exact) mass is 314 g/mol. The summed E-state index contributed by atoms with van der Waals surface area (Å²) in [5.41, 5.74) is 2.64. The van der Waals surface area contributed by atoms with Crippen molar-refractivity contribution in [1.29, 1.82) is 0 Å². The quantitative estimate of drug-likeness (QED) is 0.729. The average Bonchev–Trinajstić information content (AvgIpc) is 3.11. The second-order valence-corrected chi connectivity index (χ2v) is 5.14. The fraction of sp³-hybridized carbons (Fsp3) is 0.312. The molecule has 0 aliphatic heterocycles.